The first-order valence-electron chi connectivity index (χ1n) is 7.71. The number of ether oxygens (including phenoxy) is 1. The van der Waals surface area contributed by atoms with E-state index in [2.05, 4.69) is 21.7 Å². The Morgan fingerprint density at radius 2 is 1.96 bits per heavy atom. The maximum absolute atomic E-state index is 12.3. The molecule has 0 fully saturated rings. The van der Waals surface area contributed by atoms with Crippen LogP contribution in [0.25, 0.3) is 10.2 Å². The summed E-state index contributed by atoms with van der Waals surface area (Å²) in [5.74, 6) is 0.143. The van der Waals surface area contributed by atoms with Gasteiger partial charge >= 0.3 is 0 Å². The second kappa shape index (κ2) is 7.57. The molecule has 5 nitrogen and oxygen atoms in total. The van der Waals surface area contributed by atoms with E-state index in [-0.39, 0.29) is 11.0 Å². The normalized spacial score (nSPS) is 10.6. The number of nitrogens with zero attached hydrogens (tertiary/aromatic N) is 1. The van der Waals surface area contributed by atoms with E-state index in [1.165, 1.54) is 24.5 Å². The van der Waals surface area contributed by atoms with E-state index < -0.39 is 0 Å². The molecule has 0 spiro atoms. The molecule has 2 N–H and O–H groups in total. The van der Waals surface area contributed by atoms with Gasteiger partial charge in [0.1, 0.15) is 5.75 Å². The van der Waals surface area contributed by atoms with Gasteiger partial charge in [0.05, 0.1) is 22.3 Å². The fraction of sp³-hybridized carbons (Fsp3) is 0.167. The quantitative estimate of drug-likeness (QED) is 0.618. The minimum absolute atomic E-state index is 0.177. The number of rotatable bonds is 3. The smallest absolute Gasteiger partial charge is 0.257 e. The highest BCUT2D eigenvalue weighted by atomic mass is 35.5. The number of benzene rings is 2. The Kier molecular flexibility index (Phi) is 5.41. The number of nitrogens with one attached hydrogen (secondary N) is 2. The molecule has 1 amide bonds. The minimum Gasteiger partial charge on any atom is -0.495 e. The summed E-state index contributed by atoms with van der Waals surface area (Å²) in [6, 6.07) is 8.88. The maximum Gasteiger partial charge on any atom is 0.257 e. The lowest BCUT2D eigenvalue weighted by molar-refractivity contribution is 0.0977. The topological polar surface area (TPSA) is 63.2 Å². The summed E-state index contributed by atoms with van der Waals surface area (Å²) in [5, 5.41) is 6.77. The van der Waals surface area contributed by atoms with E-state index in [0.717, 1.165) is 21.3 Å². The number of anilines is 1. The third-order valence-electron chi connectivity index (χ3n) is 3.80. The van der Waals surface area contributed by atoms with Crippen LogP contribution in [0, 0.1) is 13.8 Å². The second-order valence-corrected chi connectivity index (χ2v) is 7.47. The highest BCUT2D eigenvalue weighted by Gasteiger charge is 2.13. The highest BCUT2D eigenvalue weighted by Crippen LogP contribution is 2.30. The third-order valence-corrected chi connectivity index (χ3v) is 5.41. The van der Waals surface area contributed by atoms with Crippen LogP contribution in [0.15, 0.2) is 30.3 Å². The predicted molar refractivity (Wildman–Crippen MR) is 111 cm³/mol. The Bertz CT molecular complexity index is 978. The zero-order chi connectivity index (χ0) is 18.8. The Labute approximate surface area is 165 Å². The predicted octanol–water partition coefficient (Wildman–Crippen LogP) is 4.70. The van der Waals surface area contributed by atoms with Gasteiger partial charge in [-0.15, -0.1) is 0 Å². The summed E-state index contributed by atoms with van der Waals surface area (Å²) in [7, 11) is 1.52. The molecular weight excluding hydrogens is 390 g/mol. The van der Waals surface area contributed by atoms with E-state index in [0.29, 0.717) is 21.5 Å². The number of amides is 1. The molecule has 0 atom stereocenters. The van der Waals surface area contributed by atoms with Crippen LogP contribution in [0.3, 0.4) is 0 Å². The van der Waals surface area contributed by atoms with Crippen molar-refractivity contribution in [3.05, 3.63) is 52.0 Å². The summed E-state index contributed by atoms with van der Waals surface area (Å²) in [4.78, 5) is 16.9. The van der Waals surface area contributed by atoms with Gasteiger partial charge in [0.15, 0.2) is 10.2 Å². The average Bonchev–Trinajstić information content (AvgIpc) is 3.03. The largest absolute Gasteiger partial charge is 0.495 e. The van der Waals surface area contributed by atoms with E-state index in [1.807, 2.05) is 19.9 Å². The highest BCUT2D eigenvalue weighted by molar-refractivity contribution is 7.80. The molecule has 0 aliphatic heterocycles. The number of thiazole rings is 1. The molecule has 1 aromatic heterocycles. The molecule has 8 heteroatoms. The lowest BCUT2D eigenvalue weighted by Gasteiger charge is -2.08. The molecule has 134 valence electrons. The zero-order valence-electron chi connectivity index (χ0n) is 14.3. The minimum atomic E-state index is -0.361. The van der Waals surface area contributed by atoms with Crippen LogP contribution in [-0.2, 0) is 0 Å². The van der Waals surface area contributed by atoms with Gasteiger partial charge in [-0.2, -0.15) is 0 Å². The number of carbonyl (C=O) groups is 1. The number of methoxy groups -OCH3 is 1. The fourth-order valence-corrected chi connectivity index (χ4v) is 3.95. The number of carbonyl (C=O) groups excluding carboxylic acids is 1. The van der Waals surface area contributed by atoms with Crippen molar-refractivity contribution < 1.29 is 9.53 Å². The van der Waals surface area contributed by atoms with Gasteiger partial charge in [0, 0.05) is 5.56 Å². The van der Waals surface area contributed by atoms with Gasteiger partial charge in [0.25, 0.3) is 5.91 Å². The lowest BCUT2D eigenvalue weighted by Crippen LogP contribution is -2.34. The van der Waals surface area contributed by atoms with Gasteiger partial charge in [-0.3, -0.25) is 10.1 Å². The van der Waals surface area contributed by atoms with Gasteiger partial charge in [-0.25, -0.2) is 4.98 Å². The number of aromatic nitrogens is 1. The van der Waals surface area contributed by atoms with Crippen LogP contribution in [0.4, 0.5) is 5.13 Å². The van der Waals surface area contributed by atoms with Crippen LogP contribution in [0.2, 0.25) is 5.02 Å². The summed E-state index contributed by atoms with van der Waals surface area (Å²) in [6.45, 7) is 4.05. The van der Waals surface area contributed by atoms with E-state index in [4.69, 9.17) is 28.6 Å². The second-order valence-electron chi connectivity index (χ2n) is 5.65. The molecule has 26 heavy (non-hydrogen) atoms. The van der Waals surface area contributed by atoms with Crippen LogP contribution >= 0.6 is 35.2 Å². The molecule has 0 bridgehead atoms. The van der Waals surface area contributed by atoms with Crippen molar-refractivity contribution >= 4 is 61.5 Å². The van der Waals surface area contributed by atoms with E-state index in [9.17, 15) is 4.79 Å². The molecule has 3 rings (SSSR count). The molecule has 2 aromatic carbocycles. The first-order chi connectivity index (χ1) is 12.4. The van der Waals surface area contributed by atoms with Crippen molar-refractivity contribution in [1.82, 2.24) is 10.3 Å². The molecule has 0 aliphatic carbocycles. The van der Waals surface area contributed by atoms with Crippen molar-refractivity contribution in [3.8, 4) is 5.75 Å². The summed E-state index contributed by atoms with van der Waals surface area (Å²) in [6.07, 6.45) is 0. The maximum atomic E-state index is 12.3. The number of hydrogen-bond acceptors (Lipinski definition) is 5. The molecule has 0 aliphatic rings. The van der Waals surface area contributed by atoms with Crippen LogP contribution in [0.1, 0.15) is 21.5 Å². The first kappa shape index (κ1) is 18.6. The number of halogens is 1. The molecule has 0 saturated heterocycles. The van der Waals surface area contributed by atoms with Gasteiger partial charge in [-0.05, 0) is 55.4 Å². The van der Waals surface area contributed by atoms with Crippen LogP contribution in [0.5, 0.6) is 5.75 Å². The molecule has 0 radical (unpaired) electrons. The fourth-order valence-electron chi connectivity index (χ4n) is 2.42. The van der Waals surface area contributed by atoms with Crippen LogP contribution < -0.4 is 15.4 Å². The standard InChI is InChI=1S/C18H16ClN3O2S2/c1-9-4-5-10(2)15-14(9)20-18(26-15)22-17(25)21-16(23)11-6-7-13(24-3)12(19)8-11/h4-8H,1-3H3,(H2,20,21,22,23,25). The Balaban J connectivity index is 1.72. The molecule has 0 unspecified atom stereocenters. The number of fused-ring (bicyclic) bond motifs is 1. The first-order valence-corrected chi connectivity index (χ1v) is 9.32. The Morgan fingerprint density at radius 1 is 1.23 bits per heavy atom. The molecule has 3 aromatic rings. The Morgan fingerprint density at radius 3 is 2.62 bits per heavy atom. The van der Waals surface area contributed by atoms with Crippen molar-refractivity contribution in [2.24, 2.45) is 0 Å². The van der Waals surface area contributed by atoms with Gasteiger partial charge in [0.2, 0.25) is 0 Å². The third kappa shape index (κ3) is 3.80. The van der Waals surface area contributed by atoms with Crippen molar-refractivity contribution in [2.45, 2.75) is 13.8 Å². The molecule has 1 heterocycles. The molecular formula is C18H16ClN3O2S2. The summed E-state index contributed by atoms with van der Waals surface area (Å²) < 4.78 is 6.18. The number of aryl methyl sites for hydroxylation is 2. The van der Waals surface area contributed by atoms with Gasteiger partial charge in [-0.1, -0.05) is 35.1 Å². The average molecular weight is 406 g/mol. The van der Waals surface area contributed by atoms with Crippen molar-refractivity contribution in [2.75, 3.05) is 12.4 Å². The van der Waals surface area contributed by atoms with Crippen molar-refractivity contribution in [3.63, 3.8) is 0 Å². The van der Waals surface area contributed by atoms with E-state index in [1.54, 1.807) is 12.1 Å². The number of thiocarbonyl (C=S) groups is 1. The van der Waals surface area contributed by atoms with Crippen LogP contribution in [-0.4, -0.2) is 23.1 Å². The zero-order valence-corrected chi connectivity index (χ0v) is 16.7. The van der Waals surface area contributed by atoms with Gasteiger partial charge < -0.3 is 10.1 Å². The summed E-state index contributed by atoms with van der Waals surface area (Å²) in [5.41, 5.74) is 3.57. The number of hydrogen-bond donors (Lipinski definition) is 2. The van der Waals surface area contributed by atoms with Crippen molar-refractivity contribution in [1.29, 1.82) is 0 Å². The van der Waals surface area contributed by atoms with E-state index >= 15 is 0 Å². The lowest BCUT2D eigenvalue weighted by atomic mass is 10.1. The summed E-state index contributed by atoms with van der Waals surface area (Å²) >= 11 is 12.8. The monoisotopic (exact) mass is 405 g/mol. The Hall–Kier alpha value is -2.22. The molecule has 0 saturated carbocycles. The SMILES string of the molecule is COc1ccc(C(=O)NC(=S)Nc2nc3c(C)ccc(C)c3s2)cc1Cl.